The van der Waals surface area contributed by atoms with Gasteiger partial charge in [-0.15, -0.1) is 0 Å². The van der Waals surface area contributed by atoms with Crippen LogP contribution in [-0.4, -0.2) is 28.2 Å². The fraction of sp³-hybridized carbons (Fsp3) is 0.500. The Kier molecular flexibility index (Phi) is 3.24. The zero-order chi connectivity index (χ0) is 11.6. The van der Waals surface area contributed by atoms with Crippen LogP contribution < -0.4 is 4.74 Å². The fourth-order valence-corrected chi connectivity index (χ4v) is 1.39. The quantitative estimate of drug-likeness (QED) is 0.820. The van der Waals surface area contributed by atoms with Crippen LogP contribution in [0.15, 0.2) is 0 Å². The van der Waals surface area contributed by atoms with E-state index in [9.17, 15) is 4.79 Å². The third-order valence-corrected chi connectivity index (χ3v) is 2.00. The van der Waals surface area contributed by atoms with Crippen LogP contribution in [-0.2, 0) is 0 Å². The summed E-state index contributed by atoms with van der Waals surface area (Å²) in [5, 5.41) is 9.01. The van der Waals surface area contributed by atoms with Crippen LogP contribution in [0.5, 0.6) is 5.88 Å². The lowest BCUT2D eigenvalue weighted by Crippen LogP contribution is -2.12. The first kappa shape index (κ1) is 11.4. The van der Waals surface area contributed by atoms with Crippen LogP contribution in [0.1, 0.15) is 41.6 Å². The van der Waals surface area contributed by atoms with Crippen molar-refractivity contribution in [2.45, 2.75) is 26.7 Å². The van der Waals surface area contributed by atoms with Gasteiger partial charge in [0.2, 0.25) is 5.88 Å². The minimum Gasteiger partial charge on any atom is -0.481 e. The summed E-state index contributed by atoms with van der Waals surface area (Å²) in [6.07, 6.45) is 0. The van der Waals surface area contributed by atoms with E-state index in [4.69, 9.17) is 9.84 Å². The Morgan fingerprint density at radius 2 is 2.00 bits per heavy atom. The van der Waals surface area contributed by atoms with E-state index in [1.54, 1.807) is 6.92 Å². The van der Waals surface area contributed by atoms with Crippen LogP contribution in [0.25, 0.3) is 0 Å². The molecule has 0 spiro atoms. The Labute approximate surface area is 88.1 Å². The largest absolute Gasteiger partial charge is 0.481 e. The fourth-order valence-electron chi connectivity index (χ4n) is 1.39. The summed E-state index contributed by atoms with van der Waals surface area (Å²) in [5.74, 6) is -0.308. The standard InChI is InChI=1S/C10H14N2O3/c1-5(2)7-8(10(13)14)11-6(3)12-9(7)15-4/h5H,1-4H3,(H,13,14). The van der Waals surface area contributed by atoms with E-state index in [-0.39, 0.29) is 11.6 Å². The smallest absolute Gasteiger partial charge is 0.355 e. The maximum atomic E-state index is 11.0. The molecule has 0 bridgehead atoms. The Morgan fingerprint density at radius 1 is 1.40 bits per heavy atom. The highest BCUT2D eigenvalue weighted by Crippen LogP contribution is 2.27. The van der Waals surface area contributed by atoms with Gasteiger partial charge in [-0.3, -0.25) is 0 Å². The first-order chi connectivity index (χ1) is 6.97. The van der Waals surface area contributed by atoms with E-state index >= 15 is 0 Å². The summed E-state index contributed by atoms with van der Waals surface area (Å²) < 4.78 is 5.06. The highest BCUT2D eigenvalue weighted by atomic mass is 16.5. The molecule has 1 aromatic heterocycles. The van der Waals surface area contributed by atoms with Crippen LogP contribution in [0.4, 0.5) is 0 Å². The monoisotopic (exact) mass is 210 g/mol. The Morgan fingerprint density at radius 3 is 2.40 bits per heavy atom. The lowest BCUT2D eigenvalue weighted by molar-refractivity contribution is 0.0687. The van der Waals surface area contributed by atoms with Gasteiger partial charge in [0.05, 0.1) is 12.7 Å². The summed E-state index contributed by atoms with van der Waals surface area (Å²) in [4.78, 5) is 19.0. The predicted molar refractivity (Wildman–Crippen MR) is 54.4 cm³/mol. The first-order valence-corrected chi connectivity index (χ1v) is 4.63. The van der Waals surface area contributed by atoms with Gasteiger partial charge in [0.1, 0.15) is 5.82 Å². The second kappa shape index (κ2) is 4.25. The molecule has 15 heavy (non-hydrogen) atoms. The Hall–Kier alpha value is -1.65. The highest BCUT2D eigenvalue weighted by Gasteiger charge is 2.21. The zero-order valence-electron chi connectivity index (χ0n) is 9.24. The third kappa shape index (κ3) is 2.23. The van der Waals surface area contributed by atoms with Crippen LogP contribution in [0, 0.1) is 6.92 Å². The van der Waals surface area contributed by atoms with E-state index in [0.29, 0.717) is 17.3 Å². The minimum atomic E-state index is -1.05. The lowest BCUT2D eigenvalue weighted by Gasteiger charge is -2.13. The second-order valence-electron chi connectivity index (χ2n) is 3.50. The predicted octanol–water partition coefficient (Wildman–Crippen LogP) is 1.62. The number of ether oxygens (including phenoxy) is 1. The average molecular weight is 210 g/mol. The number of nitrogens with zero attached hydrogens (tertiary/aromatic N) is 2. The van der Waals surface area contributed by atoms with Crippen molar-refractivity contribution in [3.05, 3.63) is 17.1 Å². The normalized spacial score (nSPS) is 10.5. The number of carboxylic acids is 1. The Bertz CT molecular complexity index is 388. The van der Waals surface area contributed by atoms with E-state index < -0.39 is 5.97 Å². The number of rotatable bonds is 3. The molecule has 0 amide bonds. The number of carboxylic acid groups (broad SMARTS) is 1. The van der Waals surface area contributed by atoms with Crippen molar-refractivity contribution in [3.63, 3.8) is 0 Å². The van der Waals surface area contributed by atoms with Crippen LogP contribution in [0.3, 0.4) is 0 Å². The number of methoxy groups -OCH3 is 1. The molecular formula is C10H14N2O3. The maximum absolute atomic E-state index is 11.0. The molecule has 1 aromatic rings. The first-order valence-electron chi connectivity index (χ1n) is 4.63. The molecule has 0 saturated heterocycles. The van der Waals surface area contributed by atoms with Crippen molar-refractivity contribution in [3.8, 4) is 5.88 Å². The molecule has 0 fully saturated rings. The maximum Gasteiger partial charge on any atom is 0.355 e. The van der Waals surface area contributed by atoms with Crippen molar-refractivity contribution >= 4 is 5.97 Å². The molecule has 0 aromatic carbocycles. The van der Waals surface area contributed by atoms with Gasteiger partial charge in [0.15, 0.2) is 5.69 Å². The molecule has 0 aliphatic carbocycles. The van der Waals surface area contributed by atoms with Gasteiger partial charge in [-0.05, 0) is 12.8 Å². The highest BCUT2D eigenvalue weighted by molar-refractivity contribution is 5.88. The Balaban J connectivity index is 3.47. The van der Waals surface area contributed by atoms with Gasteiger partial charge in [-0.1, -0.05) is 13.8 Å². The lowest BCUT2D eigenvalue weighted by atomic mass is 10.0. The summed E-state index contributed by atoms with van der Waals surface area (Å²) in [6.45, 7) is 5.39. The molecule has 0 atom stereocenters. The zero-order valence-corrected chi connectivity index (χ0v) is 9.24. The third-order valence-electron chi connectivity index (χ3n) is 2.00. The van der Waals surface area contributed by atoms with Crippen molar-refractivity contribution in [1.82, 2.24) is 9.97 Å². The molecule has 1 heterocycles. The van der Waals surface area contributed by atoms with Gasteiger partial charge in [0, 0.05) is 0 Å². The van der Waals surface area contributed by atoms with Gasteiger partial charge in [-0.2, -0.15) is 4.98 Å². The molecule has 0 unspecified atom stereocenters. The molecular weight excluding hydrogens is 196 g/mol. The molecule has 1 N–H and O–H groups in total. The summed E-state index contributed by atoms with van der Waals surface area (Å²) in [6, 6.07) is 0. The van der Waals surface area contributed by atoms with E-state index in [1.807, 2.05) is 13.8 Å². The van der Waals surface area contributed by atoms with Crippen molar-refractivity contribution in [2.75, 3.05) is 7.11 Å². The van der Waals surface area contributed by atoms with Gasteiger partial charge in [-0.25, -0.2) is 9.78 Å². The summed E-state index contributed by atoms with van der Waals surface area (Å²) >= 11 is 0. The van der Waals surface area contributed by atoms with Gasteiger partial charge < -0.3 is 9.84 Å². The van der Waals surface area contributed by atoms with Crippen LogP contribution in [0.2, 0.25) is 0 Å². The van der Waals surface area contributed by atoms with Gasteiger partial charge >= 0.3 is 5.97 Å². The van der Waals surface area contributed by atoms with Crippen molar-refractivity contribution < 1.29 is 14.6 Å². The van der Waals surface area contributed by atoms with Crippen molar-refractivity contribution in [1.29, 1.82) is 0 Å². The molecule has 5 nitrogen and oxygen atoms in total. The SMILES string of the molecule is COc1nc(C)nc(C(=O)O)c1C(C)C. The molecule has 0 aliphatic heterocycles. The molecule has 82 valence electrons. The number of aryl methyl sites for hydroxylation is 1. The molecule has 0 saturated carbocycles. The molecule has 5 heteroatoms. The molecule has 0 aliphatic rings. The van der Waals surface area contributed by atoms with Crippen molar-refractivity contribution in [2.24, 2.45) is 0 Å². The number of aromatic nitrogens is 2. The number of hydrogen-bond donors (Lipinski definition) is 1. The van der Waals surface area contributed by atoms with Gasteiger partial charge in [0.25, 0.3) is 0 Å². The average Bonchev–Trinajstić information content (AvgIpc) is 2.15. The summed E-state index contributed by atoms with van der Waals surface area (Å²) in [5.41, 5.74) is 0.560. The van der Waals surface area contributed by atoms with E-state index in [1.165, 1.54) is 7.11 Å². The summed E-state index contributed by atoms with van der Waals surface area (Å²) in [7, 11) is 1.47. The topological polar surface area (TPSA) is 72.3 Å². The minimum absolute atomic E-state index is 0.00616. The van der Waals surface area contributed by atoms with E-state index in [2.05, 4.69) is 9.97 Å². The molecule has 0 radical (unpaired) electrons. The number of aromatic carboxylic acids is 1. The molecule has 1 rings (SSSR count). The number of hydrogen-bond acceptors (Lipinski definition) is 4. The number of carbonyl (C=O) groups is 1. The van der Waals surface area contributed by atoms with Crippen LogP contribution >= 0.6 is 0 Å². The van der Waals surface area contributed by atoms with E-state index in [0.717, 1.165) is 0 Å². The second-order valence-corrected chi connectivity index (χ2v) is 3.50.